The van der Waals surface area contributed by atoms with E-state index in [4.69, 9.17) is 0 Å². The minimum atomic E-state index is -0.332. The number of pyridine rings is 1. The van der Waals surface area contributed by atoms with Gasteiger partial charge in [-0.2, -0.15) is 5.10 Å². The second-order valence-electron chi connectivity index (χ2n) is 15.9. The van der Waals surface area contributed by atoms with Crippen LogP contribution in [0.2, 0.25) is 0 Å². The Morgan fingerprint density at radius 1 is 0.877 bits per heavy atom. The lowest BCUT2D eigenvalue weighted by Crippen LogP contribution is -2.53. The molecule has 2 atom stereocenters. The molecule has 294 valence electrons. The fourth-order valence-corrected chi connectivity index (χ4v) is 8.93. The third kappa shape index (κ3) is 7.79. The normalized spacial score (nSPS) is 21.0. The van der Waals surface area contributed by atoms with Crippen LogP contribution in [0.25, 0.3) is 11.0 Å². The minimum Gasteiger partial charge on any atom is -0.371 e. The van der Waals surface area contributed by atoms with Gasteiger partial charge in [0.25, 0.3) is 11.8 Å². The van der Waals surface area contributed by atoms with Crippen molar-refractivity contribution in [2.45, 2.75) is 63.7 Å². The maximum absolute atomic E-state index is 13.2. The molecule has 3 saturated heterocycles. The molecule has 9 rings (SSSR count). The van der Waals surface area contributed by atoms with E-state index in [1.807, 2.05) is 46.6 Å². The molecular formula is C43H48N10O4. The SMILES string of the molecule is C[C@@H]1CNC(=O)c2cc3ccc(C(=O)Nc4cnn(Cc5ccc(N6CCC(N7CCN(Cc8cccc(C9CCC(=O)NC9=O)c8)CC7)CC6)cc5)c4)nc3n21. The molecule has 5 aromatic rings. The van der Waals surface area contributed by atoms with Gasteiger partial charge in [-0.15, -0.1) is 0 Å². The van der Waals surface area contributed by atoms with E-state index < -0.39 is 0 Å². The number of piperidine rings is 2. The molecule has 0 bridgehead atoms. The van der Waals surface area contributed by atoms with Crippen molar-refractivity contribution in [3.05, 3.63) is 107 Å². The van der Waals surface area contributed by atoms with Crippen LogP contribution in [0.5, 0.6) is 0 Å². The standard InChI is InChI=1S/C43H48N10O4/c1-28-23-44-43(57)38-22-32-7-11-37(47-40(32)53(28)38)42(56)46-33-24-45-52(27-33)26-29-5-8-34(9-6-29)50-15-13-35(14-16-50)51-19-17-49(18-20-51)25-30-3-2-4-31(21-30)36-10-12-39(54)48-41(36)55/h2-9,11,21-22,24,27-28,35-36H,10,12-20,23,25-26H2,1H3,(H,44,57)(H,46,56)(H,48,54,55)/t28-,36?/m1/s1. The number of rotatable bonds is 9. The molecule has 4 amide bonds. The molecule has 14 nitrogen and oxygen atoms in total. The number of benzene rings is 2. The summed E-state index contributed by atoms with van der Waals surface area (Å²) in [5, 5.41) is 13.6. The fourth-order valence-electron chi connectivity index (χ4n) is 8.93. The summed E-state index contributed by atoms with van der Waals surface area (Å²) in [5.74, 6) is -1.07. The molecule has 3 N–H and O–H groups in total. The van der Waals surface area contributed by atoms with Gasteiger partial charge in [0.2, 0.25) is 11.8 Å². The molecule has 4 aliphatic rings. The molecule has 14 heteroatoms. The Kier molecular flexibility index (Phi) is 10.1. The zero-order chi connectivity index (χ0) is 39.0. The predicted octanol–water partition coefficient (Wildman–Crippen LogP) is 4.14. The largest absolute Gasteiger partial charge is 0.371 e. The monoisotopic (exact) mass is 768 g/mol. The molecule has 2 aromatic carbocycles. The van der Waals surface area contributed by atoms with Gasteiger partial charge in [0, 0.05) is 82.1 Å². The van der Waals surface area contributed by atoms with Crippen LogP contribution in [-0.2, 0) is 22.7 Å². The van der Waals surface area contributed by atoms with E-state index in [9.17, 15) is 19.2 Å². The van der Waals surface area contributed by atoms with Crippen LogP contribution in [0.3, 0.4) is 0 Å². The second kappa shape index (κ2) is 15.6. The molecule has 1 unspecified atom stereocenters. The molecule has 4 aliphatic heterocycles. The summed E-state index contributed by atoms with van der Waals surface area (Å²) in [7, 11) is 0. The summed E-state index contributed by atoms with van der Waals surface area (Å²) in [6.45, 7) is 10.2. The smallest absolute Gasteiger partial charge is 0.274 e. The van der Waals surface area contributed by atoms with Crippen molar-refractivity contribution < 1.29 is 19.2 Å². The molecule has 0 saturated carbocycles. The van der Waals surface area contributed by atoms with E-state index in [2.05, 4.69) is 77.1 Å². The third-order valence-corrected chi connectivity index (χ3v) is 12.1. The number of nitrogens with zero attached hydrogens (tertiary/aromatic N) is 7. The van der Waals surface area contributed by atoms with E-state index >= 15 is 0 Å². The van der Waals surface area contributed by atoms with Gasteiger partial charge in [-0.25, -0.2) is 4.98 Å². The highest BCUT2D eigenvalue weighted by Crippen LogP contribution is 2.29. The summed E-state index contributed by atoms with van der Waals surface area (Å²) in [6, 6.07) is 23.0. The molecule has 0 spiro atoms. The van der Waals surface area contributed by atoms with Crippen LogP contribution in [0.1, 0.15) is 82.2 Å². The minimum absolute atomic E-state index is 0.0399. The van der Waals surface area contributed by atoms with Crippen LogP contribution in [0.4, 0.5) is 11.4 Å². The molecular weight excluding hydrogens is 721 g/mol. The first-order chi connectivity index (χ1) is 27.7. The highest BCUT2D eigenvalue weighted by atomic mass is 16.2. The van der Waals surface area contributed by atoms with Crippen molar-refractivity contribution in [2.24, 2.45) is 0 Å². The topological polar surface area (TPSA) is 150 Å². The molecule has 7 heterocycles. The van der Waals surface area contributed by atoms with Crippen molar-refractivity contribution >= 4 is 46.0 Å². The zero-order valence-corrected chi connectivity index (χ0v) is 32.2. The van der Waals surface area contributed by atoms with E-state index in [1.165, 1.54) is 11.3 Å². The van der Waals surface area contributed by atoms with Crippen molar-refractivity contribution in [3.8, 4) is 0 Å². The second-order valence-corrected chi connectivity index (χ2v) is 15.9. The van der Waals surface area contributed by atoms with E-state index in [0.717, 1.165) is 75.2 Å². The number of aromatic nitrogens is 4. The fraction of sp³-hybridized carbons (Fsp3) is 0.395. The lowest BCUT2D eigenvalue weighted by molar-refractivity contribution is -0.134. The van der Waals surface area contributed by atoms with Crippen molar-refractivity contribution in [1.82, 2.24) is 39.8 Å². The van der Waals surface area contributed by atoms with E-state index in [0.29, 0.717) is 49.0 Å². The number of hydrogen-bond acceptors (Lipinski definition) is 9. The Balaban J connectivity index is 0.730. The zero-order valence-electron chi connectivity index (χ0n) is 32.2. The van der Waals surface area contributed by atoms with Gasteiger partial charge >= 0.3 is 0 Å². The van der Waals surface area contributed by atoms with Crippen molar-refractivity contribution in [3.63, 3.8) is 0 Å². The summed E-state index contributed by atoms with van der Waals surface area (Å²) in [5.41, 5.74) is 6.63. The van der Waals surface area contributed by atoms with Gasteiger partial charge in [0.15, 0.2) is 0 Å². The van der Waals surface area contributed by atoms with Crippen molar-refractivity contribution in [2.75, 3.05) is 56.0 Å². The molecule has 57 heavy (non-hydrogen) atoms. The number of anilines is 2. The van der Waals surface area contributed by atoms with Gasteiger partial charge < -0.3 is 20.1 Å². The molecule has 3 aromatic heterocycles. The Morgan fingerprint density at radius 2 is 1.68 bits per heavy atom. The number of carbonyl (C=O) groups is 4. The Bertz CT molecular complexity index is 2320. The van der Waals surface area contributed by atoms with Crippen LogP contribution in [0.15, 0.2) is 79.1 Å². The first-order valence-corrected chi connectivity index (χ1v) is 20.1. The van der Waals surface area contributed by atoms with Gasteiger partial charge in [0.05, 0.1) is 30.4 Å². The lowest BCUT2D eigenvalue weighted by Gasteiger charge is -2.43. The maximum atomic E-state index is 13.2. The molecule has 3 fully saturated rings. The Morgan fingerprint density at radius 3 is 2.47 bits per heavy atom. The Hall–Kier alpha value is -5.86. The van der Waals surface area contributed by atoms with Crippen LogP contribution in [0, 0.1) is 0 Å². The van der Waals surface area contributed by atoms with Crippen LogP contribution in [-0.4, -0.2) is 105 Å². The third-order valence-electron chi connectivity index (χ3n) is 12.1. The van der Waals surface area contributed by atoms with Gasteiger partial charge in [0.1, 0.15) is 17.0 Å². The van der Waals surface area contributed by atoms with Gasteiger partial charge in [-0.1, -0.05) is 36.4 Å². The number of amides is 4. The van der Waals surface area contributed by atoms with Crippen molar-refractivity contribution in [1.29, 1.82) is 0 Å². The number of fused-ring (bicyclic) bond motifs is 3. The summed E-state index contributed by atoms with van der Waals surface area (Å²) in [4.78, 5) is 61.8. The number of hydrogen-bond donors (Lipinski definition) is 3. The van der Waals surface area contributed by atoms with E-state index in [-0.39, 0.29) is 41.3 Å². The first-order valence-electron chi connectivity index (χ1n) is 20.1. The lowest BCUT2D eigenvalue weighted by atomic mass is 9.89. The quantitative estimate of drug-likeness (QED) is 0.188. The Labute approximate surface area is 331 Å². The van der Waals surface area contributed by atoms with Gasteiger partial charge in [-0.3, -0.25) is 39.0 Å². The molecule has 0 radical (unpaired) electrons. The number of imide groups is 1. The first kappa shape index (κ1) is 36.8. The summed E-state index contributed by atoms with van der Waals surface area (Å²) < 4.78 is 3.72. The number of carbonyl (C=O) groups excluding carboxylic acids is 4. The van der Waals surface area contributed by atoms with Crippen LogP contribution >= 0.6 is 0 Å². The maximum Gasteiger partial charge on any atom is 0.274 e. The molecule has 0 aliphatic carbocycles. The summed E-state index contributed by atoms with van der Waals surface area (Å²) in [6.07, 6.45) is 6.73. The highest BCUT2D eigenvalue weighted by Gasteiger charge is 2.30. The average Bonchev–Trinajstić information content (AvgIpc) is 3.84. The number of nitrogens with one attached hydrogen (secondary N) is 3. The predicted molar refractivity (Wildman–Crippen MR) is 216 cm³/mol. The van der Waals surface area contributed by atoms with E-state index in [1.54, 1.807) is 12.3 Å². The summed E-state index contributed by atoms with van der Waals surface area (Å²) >= 11 is 0. The van der Waals surface area contributed by atoms with Gasteiger partial charge in [-0.05, 0) is 73.2 Å². The van der Waals surface area contributed by atoms with Crippen LogP contribution < -0.4 is 20.9 Å². The highest BCUT2D eigenvalue weighted by molar-refractivity contribution is 6.05. The average molecular weight is 769 g/mol. The number of piperazine rings is 1.